The normalized spacial score (nSPS) is 10.5. The van der Waals surface area contributed by atoms with Crippen molar-refractivity contribution in [2.45, 2.75) is 6.92 Å². The Morgan fingerprint density at radius 1 is 0.935 bits per heavy atom. The lowest BCUT2D eigenvalue weighted by Gasteiger charge is -2.12. The molecule has 0 spiro atoms. The average Bonchev–Trinajstić information content (AvgIpc) is 3.18. The van der Waals surface area contributed by atoms with Crippen LogP contribution in [0.4, 0.5) is 15.6 Å². The first-order valence-corrected chi connectivity index (χ1v) is 10.0. The third kappa shape index (κ3) is 4.64. The van der Waals surface area contributed by atoms with Gasteiger partial charge < -0.3 is 19.5 Å². The molecule has 0 aliphatic heterocycles. The van der Waals surface area contributed by atoms with Crippen LogP contribution in [0.25, 0.3) is 10.9 Å². The SMILES string of the molecule is COc1cc2nccc(Oc3ccc(NC(=O)Nc4nnc(C)s4)cc3)c2cc1OC. The molecule has 0 aliphatic carbocycles. The zero-order chi connectivity index (χ0) is 21.8. The molecule has 158 valence electrons. The summed E-state index contributed by atoms with van der Waals surface area (Å²) in [7, 11) is 3.16. The third-order valence-electron chi connectivity index (χ3n) is 4.29. The van der Waals surface area contributed by atoms with Gasteiger partial charge in [0.05, 0.1) is 19.7 Å². The fourth-order valence-corrected chi connectivity index (χ4v) is 3.46. The van der Waals surface area contributed by atoms with Crippen molar-refractivity contribution in [1.29, 1.82) is 0 Å². The van der Waals surface area contributed by atoms with E-state index in [0.29, 0.717) is 33.8 Å². The van der Waals surface area contributed by atoms with E-state index >= 15 is 0 Å². The highest BCUT2D eigenvalue weighted by Gasteiger charge is 2.12. The minimum absolute atomic E-state index is 0.397. The zero-order valence-corrected chi connectivity index (χ0v) is 17.8. The van der Waals surface area contributed by atoms with Crippen LogP contribution >= 0.6 is 11.3 Å². The number of aryl methyl sites for hydroxylation is 1. The van der Waals surface area contributed by atoms with Crippen LogP contribution < -0.4 is 24.8 Å². The van der Waals surface area contributed by atoms with Crippen molar-refractivity contribution in [3.8, 4) is 23.0 Å². The fourth-order valence-electron chi connectivity index (χ4n) is 2.88. The molecule has 0 saturated carbocycles. The molecule has 0 aliphatic rings. The van der Waals surface area contributed by atoms with Gasteiger partial charge in [-0.05, 0) is 43.3 Å². The molecule has 2 aromatic heterocycles. The van der Waals surface area contributed by atoms with Gasteiger partial charge >= 0.3 is 6.03 Å². The number of hydrogen-bond donors (Lipinski definition) is 2. The van der Waals surface area contributed by atoms with E-state index < -0.39 is 6.03 Å². The highest BCUT2D eigenvalue weighted by atomic mass is 32.1. The van der Waals surface area contributed by atoms with Gasteiger partial charge in [-0.25, -0.2) is 4.79 Å². The Balaban J connectivity index is 1.48. The summed E-state index contributed by atoms with van der Waals surface area (Å²) >= 11 is 1.30. The number of pyridine rings is 1. The van der Waals surface area contributed by atoms with E-state index in [2.05, 4.69) is 25.8 Å². The predicted octanol–water partition coefficient (Wildman–Crippen LogP) is 4.85. The van der Waals surface area contributed by atoms with E-state index in [1.807, 2.05) is 13.0 Å². The van der Waals surface area contributed by atoms with Crippen molar-refractivity contribution in [2.24, 2.45) is 0 Å². The Morgan fingerprint density at radius 2 is 1.68 bits per heavy atom. The summed E-state index contributed by atoms with van der Waals surface area (Å²) in [5.74, 6) is 2.41. The van der Waals surface area contributed by atoms with Crippen LogP contribution in [0.5, 0.6) is 23.0 Å². The van der Waals surface area contributed by atoms with E-state index in [9.17, 15) is 4.79 Å². The minimum atomic E-state index is -0.397. The Kier molecular flexibility index (Phi) is 5.80. The Bertz CT molecular complexity index is 1230. The van der Waals surface area contributed by atoms with Crippen molar-refractivity contribution in [2.75, 3.05) is 24.9 Å². The molecule has 4 aromatic rings. The maximum atomic E-state index is 12.1. The van der Waals surface area contributed by atoms with Crippen LogP contribution in [0.2, 0.25) is 0 Å². The van der Waals surface area contributed by atoms with Gasteiger partial charge in [0.15, 0.2) is 11.5 Å². The molecular formula is C21H19N5O4S. The number of anilines is 2. The first kappa shape index (κ1) is 20.4. The summed E-state index contributed by atoms with van der Waals surface area (Å²) in [6.07, 6.45) is 1.67. The van der Waals surface area contributed by atoms with Gasteiger partial charge in [0, 0.05) is 23.3 Å². The first-order valence-electron chi connectivity index (χ1n) is 9.22. The van der Waals surface area contributed by atoms with Crippen molar-refractivity contribution >= 4 is 39.1 Å². The molecule has 2 heterocycles. The lowest BCUT2D eigenvalue weighted by Crippen LogP contribution is -2.19. The smallest absolute Gasteiger partial charge is 0.325 e. The average molecular weight is 437 g/mol. The van der Waals surface area contributed by atoms with Crippen LogP contribution in [0.15, 0.2) is 48.7 Å². The number of amides is 2. The lowest BCUT2D eigenvalue weighted by atomic mass is 10.2. The fraction of sp³-hybridized carbons (Fsp3) is 0.143. The molecule has 0 radical (unpaired) electrons. The molecule has 2 amide bonds. The maximum absolute atomic E-state index is 12.1. The highest BCUT2D eigenvalue weighted by Crippen LogP contribution is 2.37. The van der Waals surface area contributed by atoms with E-state index in [0.717, 1.165) is 15.9 Å². The van der Waals surface area contributed by atoms with Gasteiger partial charge in [0.2, 0.25) is 5.13 Å². The summed E-state index contributed by atoms with van der Waals surface area (Å²) in [6, 6.07) is 12.0. The number of urea groups is 1. The van der Waals surface area contributed by atoms with Gasteiger partial charge in [-0.15, -0.1) is 10.2 Å². The van der Waals surface area contributed by atoms with Crippen molar-refractivity contribution in [1.82, 2.24) is 15.2 Å². The molecular weight excluding hydrogens is 418 g/mol. The number of methoxy groups -OCH3 is 2. The third-order valence-corrected chi connectivity index (χ3v) is 5.05. The number of fused-ring (bicyclic) bond motifs is 1. The lowest BCUT2D eigenvalue weighted by molar-refractivity contribution is 0.262. The Hall–Kier alpha value is -3.92. The largest absolute Gasteiger partial charge is 0.493 e. The second kappa shape index (κ2) is 8.84. The van der Waals surface area contributed by atoms with Gasteiger partial charge in [0.1, 0.15) is 16.5 Å². The molecule has 9 nitrogen and oxygen atoms in total. The molecule has 10 heteroatoms. The van der Waals surface area contributed by atoms with Crippen molar-refractivity contribution in [3.05, 3.63) is 53.7 Å². The zero-order valence-electron chi connectivity index (χ0n) is 17.0. The molecule has 0 saturated heterocycles. The van der Waals surface area contributed by atoms with Gasteiger partial charge in [-0.1, -0.05) is 11.3 Å². The number of rotatable bonds is 6. The molecule has 0 bridgehead atoms. The topological polar surface area (TPSA) is 107 Å². The Labute approximate surface area is 182 Å². The summed E-state index contributed by atoms with van der Waals surface area (Å²) < 4.78 is 16.8. The highest BCUT2D eigenvalue weighted by molar-refractivity contribution is 7.15. The van der Waals surface area contributed by atoms with Crippen LogP contribution in [0, 0.1) is 6.92 Å². The van der Waals surface area contributed by atoms with Crippen LogP contribution in [-0.4, -0.2) is 35.4 Å². The predicted molar refractivity (Wildman–Crippen MR) is 119 cm³/mol. The summed E-state index contributed by atoms with van der Waals surface area (Å²) in [6.45, 7) is 1.82. The number of nitrogens with zero attached hydrogens (tertiary/aromatic N) is 3. The summed E-state index contributed by atoms with van der Waals surface area (Å²) in [5.41, 5.74) is 1.33. The molecule has 0 atom stereocenters. The number of aromatic nitrogens is 3. The summed E-state index contributed by atoms with van der Waals surface area (Å²) in [4.78, 5) is 16.5. The maximum Gasteiger partial charge on any atom is 0.325 e. The van der Waals surface area contributed by atoms with E-state index in [-0.39, 0.29) is 0 Å². The molecule has 0 fully saturated rings. The van der Waals surface area contributed by atoms with E-state index in [1.165, 1.54) is 11.3 Å². The molecule has 31 heavy (non-hydrogen) atoms. The second-order valence-electron chi connectivity index (χ2n) is 6.37. The molecule has 2 aromatic carbocycles. The quantitative estimate of drug-likeness (QED) is 0.444. The van der Waals surface area contributed by atoms with Crippen molar-refractivity contribution in [3.63, 3.8) is 0 Å². The number of hydrogen-bond acceptors (Lipinski definition) is 8. The molecule has 2 N–H and O–H groups in total. The van der Waals surface area contributed by atoms with Crippen LogP contribution in [0.3, 0.4) is 0 Å². The monoisotopic (exact) mass is 437 g/mol. The number of carbonyl (C=O) groups excluding carboxylic acids is 1. The van der Waals surface area contributed by atoms with Gasteiger partial charge in [0.25, 0.3) is 0 Å². The molecule has 0 unspecified atom stereocenters. The van der Waals surface area contributed by atoms with E-state index in [4.69, 9.17) is 14.2 Å². The number of benzene rings is 2. The minimum Gasteiger partial charge on any atom is -0.493 e. The summed E-state index contributed by atoms with van der Waals surface area (Å²) in [5, 5.41) is 15.1. The van der Waals surface area contributed by atoms with E-state index in [1.54, 1.807) is 56.8 Å². The van der Waals surface area contributed by atoms with Gasteiger partial charge in [-0.3, -0.25) is 10.3 Å². The number of ether oxygens (including phenoxy) is 3. The number of nitrogens with one attached hydrogen (secondary N) is 2. The molecule has 4 rings (SSSR count). The van der Waals surface area contributed by atoms with Gasteiger partial charge in [-0.2, -0.15) is 0 Å². The van der Waals surface area contributed by atoms with Crippen molar-refractivity contribution < 1.29 is 19.0 Å². The Morgan fingerprint density at radius 3 is 2.35 bits per heavy atom. The number of carbonyl (C=O) groups is 1. The van der Waals surface area contributed by atoms with Crippen LogP contribution in [0.1, 0.15) is 5.01 Å². The van der Waals surface area contributed by atoms with Crippen LogP contribution in [-0.2, 0) is 0 Å². The second-order valence-corrected chi connectivity index (χ2v) is 7.55. The first-order chi connectivity index (χ1) is 15.1. The standard InChI is InChI=1S/C21H19N5O4S/c1-12-25-26-21(31-12)24-20(27)23-13-4-6-14(7-5-13)30-17-8-9-22-16-11-19(29-3)18(28-2)10-15(16)17/h4-11H,1-3H3,(H2,23,24,26,27).